The molecule has 70 valence electrons. The standard InChI is InChI=1S/C10H11FO2/c1-2-7-3-9(11)4-8-5-12-6-13-10(7)8/h3-4H,2,5-6H2,1H3. The molecule has 0 bridgehead atoms. The number of halogens is 1. The topological polar surface area (TPSA) is 18.5 Å². The van der Waals surface area contributed by atoms with Gasteiger partial charge in [0, 0.05) is 5.56 Å². The maximum absolute atomic E-state index is 13.0. The molecular weight excluding hydrogens is 171 g/mol. The first-order valence-electron chi connectivity index (χ1n) is 4.33. The second kappa shape index (κ2) is 3.34. The maximum Gasteiger partial charge on any atom is 0.189 e. The predicted octanol–water partition coefficient (Wildman–Crippen LogP) is 2.25. The summed E-state index contributed by atoms with van der Waals surface area (Å²) in [4.78, 5) is 0. The van der Waals surface area contributed by atoms with Gasteiger partial charge >= 0.3 is 0 Å². The van der Waals surface area contributed by atoms with E-state index in [0.717, 1.165) is 23.3 Å². The first-order valence-corrected chi connectivity index (χ1v) is 4.33. The van der Waals surface area contributed by atoms with E-state index in [0.29, 0.717) is 6.61 Å². The minimum absolute atomic E-state index is 0.218. The smallest absolute Gasteiger partial charge is 0.189 e. The van der Waals surface area contributed by atoms with E-state index < -0.39 is 0 Å². The molecule has 0 spiro atoms. The maximum atomic E-state index is 13.0. The summed E-state index contributed by atoms with van der Waals surface area (Å²) in [5.74, 6) is 0.583. The normalized spacial score (nSPS) is 14.9. The summed E-state index contributed by atoms with van der Waals surface area (Å²) in [5.41, 5.74) is 1.72. The highest BCUT2D eigenvalue weighted by Gasteiger charge is 2.15. The fourth-order valence-electron chi connectivity index (χ4n) is 1.52. The lowest BCUT2D eigenvalue weighted by Gasteiger charge is -2.20. The summed E-state index contributed by atoms with van der Waals surface area (Å²) in [6.07, 6.45) is 0.778. The van der Waals surface area contributed by atoms with Crippen LogP contribution in [0.3, 0.4) is 0 Å². The van der Waals surface area contributed by atoms with Crippen molar-refractivity contribution in [2.75, 3.05) is 6.79 Å². The molecule has 1 heterocycles. The molecule has 0 unspecified atom stereocenters. The van der Waals surface area contributed by atoms with Gasteiger partial charge in [-0.3, -0.25) is 0 Å². The molecule has 13 heavy (non-hydrogen) atoms. The first kappa shape index (κ1) is 8.51. The summed E-state index contributed by atoms with van der Waals surface area (Å²) in [6, 6.07) is 2.98. The van der Waals surface area contributed by atoms with Gasteiger partial charge in [-0.15, -0.1) is 0 Å². The molecule has 1 aromatic rings. The summed E-state index contributed by atoms with van der Waals surface area (Å²) >= 11 is 0. The molecule has 2 rings (SSSR count). The van der Waals surface area contributed by atoms with Crippen LogP contribution in [0.4, 0.5) is 4.39 Å². The van der Waals surface area contributed by atoms with Crippen molar-refractivity contribution in [2.45, 2.75) is 20.0 Å². The third kappa shape index (κ3) is 1.52. The van der Waals surface area contributed by atoms with Crippen LogP contribution >= 0.6 is 0 Å². The van der Waals surface area contributed by atoms with E-state index in [9.17, 15) is 4.39 Å². The van der Waals surface area contributed by atoms with Crippen LogP contribution in [0.2, 0.25) is 0 Å². The van der Waals surface area contributed by atoms with Crippen LogP contribution in [-0.4, -0.2) is 6.79 Å². The Hall–Kier alpha value is -1.09. The Morgan fingerprint density at radius 2 is 2.31 bits per heavy atom. The Balaban J connectivity index is 2.50. The fraction of sp³-hybridized carbons (Fsp3) is 0.400. The number of hydrogen-bond acceptors (Lipinski definition) is 2. The fourth-order valence-corrected chi connectivity index (χ4v) is 1.52. The zero-order chi connectivity index (χ0) is 9.26. The zero-order valence-electron chi connectivity index (χ0n) is 7.47. The van der Waals surface area contributed by atoms with E-state index in [2.05, 4.69) is 0 Å². The summed E-state index contributed by atoms with van der Waals surface area (Å²) < 4.78 is 23.4. The number of hydrogen-bond donors (Lipinski definition) is 0. The van der Waals surface area contributed by atoms with E-state index in [1.54, 1.807) is 0 Å². The van der Waals surface area contributed by atoms with Gasteiger partial charge in [0.15, 0.2) is 6.79 Å². The third-order valence-corrected chi connectivity index (χ3v) is 2.13. The molecule has 0 saturated carbocycles. The Kier molecular flexibility index (Phi) is 2.19. The number of benzene rings is 1. The van der Waals surface area contributed by atoms with Gasteiger partial charge in [0.2, 0.25) is 0 Å². The lowest BCUT2D eigenvalue weighted by Crippen LogP contribution is -2.13. The van der Waals surface area contributed by atoms with Gasteiger partial charge < -0.3 is 9.47 Å². The molecule has 0 amide bonds. The summed E-state index contributed by atoms with van der Waals surface area (Å²) in [5, 5.41) is 0. The molecule has 0 fully saturated rings. The van der Waals surface area contributed by atoms with Crippen molar-refractivity contribution in [2.24, 2.45) is 0 Å². The quantitative estimate of drug-likeness (QED) is 0.663. The van der Waals surface area contributed by atoms with Crippen molar-refractivity contribution in [3.05, 3.63) is 29.1 Å². The minimum atomic E-state index is -0.218. The van der Waals surface area contributed by atoms with Crippen LogP contribution in [0.25, 0.3) is 0 Å². The minimum Gasteiger partial charge on any atom is -0.467 e. The second-order valence-corrected chi connectivity index (χ2v) is 3.02. The molecule has 0 aliphatic carbocycles. The predicted molar refractivity (Wildman–Crippen MR) is 46.1 cm³/mol. The van der Waals surface area contributed by atoms with Crippen molar-refractivity contribution in [3.8, 4) is 5.75 Å². The van der Waals surface area contributed by atoms with Gasteiger partial charge in [-0.05, 0) is 24.1 Å². The highest BCUT2D eigenvalue weighted by Crippen LogP contribution is 2.29. The molecule has 0 saturated heterocycles. The molecule has 2 nitrogen and oxygen atoms in total. The molecule has 0 radical (unpaired) electrons. The number of fused-ring (bicyclic) bond motifs is 1. The highest BCUT2D eigenvalue weighted by molar-refractivity contribution is 5.42. The number of aryl methyl sites for hydroxylation is 1. The Morgan fingerprint density at radius 3 is 3.08 bits per heavy atom. The monoisotopic (exact) mass is 182 g/mol. The van der Waals surface area contributed by atoms with Crippen molar-refractivity contribution >= 4 is 0 Å². The lowest BCUT2D eigenvalue weighted by molar-refractivity contribution is -0.0172. The average molecular weight is 182 g/mol. The molecule has 0 atom stereocenters. The lowest BCUT2D eigenvalue weighted by atomic mass is 10.1. The number of rotatable bonds is 1. The average Bonchev–Trinajstić information content (AvgIpc) is 2.16. The summed E-state index contributed by atoms with van der Waals surface area (Å²) in [7, 11) is 0. The van der Waals surface area contributed by atoms with Crippen LogP contribution in [0.1, 0.15) is 18.1 Å². The van der Waals surface area contributed by atoms with Crippen LogP contribution < -0.4 is 4.74 Å². The van der Waals surface area contributed by atoms with Crippen molar-refractivity contribution in [3.63, 3.8) is 0 Å². The number of ether oxygens (including phenoxy) is 2. The van der Waals surface area contributed by atoms with Gasteiger partial charge in [-0.25, -0.2) is 4.39 Å². The molecule has 1 aliphatic heterocycles. The second-order valence-electron chi connectivity index (χ2n) is 3.02. The van der Waals surface area contributed by atoms with E-state index >= 15 is 0 Å². The van der Waals surface area contributed by atoms with Crippen molar-refractivity contribution in [1.82, 2.24) is 0 Å². The Morgan fingerprint density at radius 1 is 1.46 bits per heavy atom. The van der Waals surface area contributed by atoms with Crippen LogP contribution in [0, 0.1) is 5.82 Å². The zero-order valence-corrected chi connectivity index (χ0v) is 7.47. The Bertz CT molecular complexity index is 306. The van der Waals surface area contributed by atoms with Crippen LogP contribution in [-0.2, 0) is 17.8 Å². The molecule has 1 aromatic carbocycles. The van der Waals surface area contributed by atoms with Crippen LogP contribution in [0.5, 0.6) is 5.75 Å². The van der Waals surface area contributed by atoms with Gasteiger partial charge in [-0.1, -0.05) is 6.92 Å². The van der Waals surface area contributed by atoms with Gasteiger partial charge in [-0.2, -0.15) is 0 Å². The molecule has 0 N–H and O–H groups in total. The third-order valence-electron chi connectivity index (χ3n) is 2.13. The Labute approximate surface area is 76.3 Å². The van der Waals surface area contributed by atoms with Gasteiger partial charge in [0.05, 0.1) is 6.61 Å². The molecule has 1 aliphatic rings. The van der Waals surface area contributed by atoms with Crippen molar-refractivity contribution in [1.29, 1.82) is 0 Å². The summed E-state index contributed by atoms with van der Waals surface area (Å²) in [6.45, 7) is 2.69. The molecular formula is C10H11FO2. The van der Waals surface area contributed by atoms with E-state index in [1.165, 1.54) is 12.1 Å². The highest BCUT2D eigenvalue weighted by atomic mass is 19.1. The molecule has 3 heteroatoms. The van der Waals surface area contributed by atoms with Crippen LogP contribution in [0.15, 0.2) is 12.1 Å². The van der Waals surface area contributed by atoms with Gasteiger partial charge in [0.1, 0.15) is 11.6 Å². The van der Waals surface area contributed by atoms with E-state index in [1.807, 2.05) is 6.92 Å². The molecule has 0 aromatic heterocycles. The van der Waals surface area contributed by atoms with E-state index in [4.69, 9.17) is 9.47 Å². The van der Waals surface area contributed by atoms with E-state index in [-0.39, 0.29) is 12.6 Å². The van der Waals surface area contributed by atoms with Crippen molar-refractivity contribution < 1.29 is 13.9 Å². The first-order chi connectivity index (χ1) is 6.31. The van der Waals surface area contributed by atoms with Gasteiger partial charge in [0.25, 0.3) is 0 Å². The SMILES string of the molecule is CCc1cc(F)cc2c1OCOC2. The largest absolute Gasteiger partial charge is 0.467 e.